The zero-order valence-corrected chi connectivity index (χ0v) is 16.5. The summed E-state index contributed by atoms with van der Waals surface area (Å²) in [7, 11) is 3.90. The summed E-state index contributed by atoms with van der Waals surface area (Å²) < 4.78 is 0. The minimum atomic E-state index is 0. The van der Waals surface area contributed by atoms with Crippen LogP contribution in [0.5, 0.6) is 0 Å². The van der Waals surface area contributed by atoms with Crippen LogP contribution < -0.4 is 5.32 Å². The van der Waals surface area contributed by atoms with Crippen LogP contribution in [0.15, 0.2) is 52.8 Å². The molecule has 22 heavy (non-hydrogen) atoms. The molecule has 0 fully saturated rings. The summed E-state index contributed by atoms with van der Waals surface area (Å²) in [4.78, 5) is 7.93. The van der Waals surface area contributed by atoms with Gasteiger partial charge in [0.1, 0.15) is 0 Å². The molecule has 0 aliphatic heterocycles. The average molecular weight is 429 g/mol. The van der Waals surface area contributed by atoms with E-state index in [0.717, 1.165) is 19.0 Å². The van der Waals surface area contributed by atoms with Crippen molar-refractivity contribution >= 4 is 41.3 Å². The van der Waals surface area contributed by atoms with E-state index in [4.69, 9.17) is 0 Å². The van der Waals surface area contributed by atoms with Crippen molar-refractivity contribution in [3.63, 3.8) is 0 Å². The number of hydrogen-bond donors (Lipinski definition) is 1. The summed E-state index contributed by atoms with van der Waals surface area (Å²) >= 11 is 1.81. The Balaban J connectivity index is 0.00000242. The molecule has 3 nitrogen and oxygen atoms in total. The maximum absolute atomic E-state index is 4.37. The first kappa shape index (κ1) is 19.0. The molecule has 0 radical (unpaired) electrons. The minimum absolute atomic E-state index is 0. The van der Waals surface area contributed by atoms with E-state index in [0.29, 0.717) is 5.92 Å². The number of guanidine groups is 1. The average Bonchev–Trinajstić information content (AvgIpc) is 3.03. The van der Waals surface area contributed by atoms with Gasteiger partial charge in [-0.15, -0.1) is 35.3 Å². The molecule has 1 heterocycles. The lowest BCUT2D eigenvalue weighted by Crippen LogP contribution is -2.39. The van der Waals surface area contributed by atoms with Gasteiger partial charge in [0.05, 0.1) is 0 Å². The van der Waals surface area contributed by atoms with Crippen LogP contribution >= 0.6 is 35.3 Å². The van der Waals surface area contributed by atoms with Gasteiger partial charge >= 0.3 is 0 Å². The molecular formula is C17H24IN3S. The van der Waals surface area contributed by atoms with Crippen molar-refractivity contribution in [1.82, 2.24) is 10.2 Å². The molecule has 2 rings (SSSR count). The van der Waals surface area contributed by atoms with Crippen LogP contribution in [0, 0.1) is 0 Å². The smallest absolute Gasteiger partial charge is 0.193 e. The summed E-state index contributed by atoms with van der Waals surface area (Å²) in [5, 5.41) is 5.59. The zero-order valence-electron chi connectivity index (χ0n) is 13.3. The lowest BCUT2D eigenvalue weighted by atomic mass is 10.1. The van der Waals surface area contributed by atoms with E-state index < -0.39 is 0 Å². The fourth-order valence-corrected chi connectivity index (χ4v) is 3.02. The van der Waals surface area contributed by atoms with Gasteiger partial charge in [-0.1, -0.05) is 43.3 Å². The topological polar surface area (TPSA) is 27.6 Å². The Morgan fingerprint density at radius 3 is 2.55 bits per heavy atom. The molecule has 0 aliphatic carbocycles. The molecule has 0 spiro atoms. The minimum Gasteiger partial charge on any atom is -0.356 e. The third-order valence-corrected chi connectivity index (χ3v) is 4.54. The summed E-state index contributed by atoms with van der Waals surface area (Å²) in [6.45, 7) is 3.99. The van der Waals surface area contributed by atoms with Crippen molar-refractivity contribution in [1.29, 1.82) is 0 Å². The van der Waals surface area contributed by atoms with Crippen LogP contribution in [0.3, 0.4) is 0 Å². The highest BCUT2D eigenvalue weighted by Crippen LogP contribution is 2.19. The normalized spacial score (nSPS) is 12.4. The number of rotatable bonds is 5. The van der Waals surface area contributed by atoms with Gasteiger partial charge in [-0.25, -0.2) is 0 Å². The molecule has 0 bridgehead atoms. The van der Waals surface area contributed by atoms with Gasteiger partial charge < -0.3 is 10.2 Å². The second kappa shape index (κ2) is 9.84. The number of nitrogens with one attached hydrogen (secondary N) is 1. The van der Waals surface area contributed by atoms with E-state index in [2.05, 4.69) is 71.0 Å². The first-order valence-electron chi connectivity index (χ1n) is 7.20. The molecule has 0 saturated heterocycles. The van der Waals surface area contributed by atoms with E-state index in [1.165, 1.54) is 10.4 Å². The fraction of sp³-hybridized carbons (Fsp3) is 0.353. The Morgan fingerprint density at radius 1 is 1.23 bits per heavy atom. The summed E-state index contributed by atoms with van der Waals surface area (Å²) in [5.41, 5.74) is 1.29. The van der Waals surface area contributed by atoms with Crippen molar-refractivity contribution in [3.05, 3.63) is 58.3 Å². The van der Waals surface area contributed by atoms with Gasteiger partial charge in [0, 0.05) is 38.0 Å². The Kier molecular flexibility index (Phi) is 8.48. The largest absolute Gasteiger partial charge is 0.356 e. The Hall–Kier alpha value is -1.08. The Morgan fingerprint density at radius 2 is 1.95 bits per heavy atom. The quantitative estimate of drug-likeness (QED) is 0.439. The standard InChI is InChI=1S/C17H23N3S.HI/c1-14(16-10-7-11-21-16)12-19-17(18-2)20(3)13-15-8-5-4-6-9-15;/h4-11,14H,12-13H2,1-3H3,(H,18,19);1H. The van der Waals surface area contributed by atoms with E-state index in [-0.39, 0.29) is 24.0 Å². The molecule has 1 aromatic heterocycles. The summed E-state index contributed by atoms with van der Waals surface area (Å²) in [6, 6.07) is 14.7. The predicted octanol–water partition coefficient (Wildman–Crippen LogP) is 4.18. The molecule has 0 aliphatic rings. The Bertz CT molecular complexity index is 555. The zero-order chi connectivity index (χ0) is 15.1. The maximum Gasteiger partial charge on any atom is 0.193 e. The van der Waals surface area contributed by atoms with Crippen molar-refractivity contribution < 1.29 is 0 Å². The molecule has 5 heteroatoms. The van der Waals surface area contributed by atoms with Gasteiger partial charge in [-0.2, -0.15) is 0 Å². The molecular weight excluding hydrogens is 405 g/mol. The number of halogens is 1. The monoisotopic (exact) mass is 429 g/mol. The van der Waals surface area contributed by atoms with Crippen molar-refractivity contribution in [2.45, 2.75) is 19.4 Å². The molecule has 0 saturated carbocycles. The SMILES string of the molecule is CN=C(NCC(C)c1cccs1)N(C)Cc1ccccc1.I. The number of aliphatic imine (C=N–C) groups is 1. The van der Waals surface area contributed by atoms with E-state index >= 15 is 0 Å². The predicted molar refractivity (Wildman–Crippen MR) is 107 cm³/mol. The summed E-state index contributed by atoms with van der Waals surface area (Å²) in [5.74, 6) is 1.43. The van der Waals surface area contributed by atoms with Crippen LogP contribution in [-0.2, 0) is 6.54 Å². The van der Waals surface area contributed by atoms with Crippen LogP contribution in [0.25, 0.3) is 0 Å². The number of thiophene rings is 1. The highest BCUT2D eigenvalue weighted by Gasteiger charge is 2.10. The van der Waals surface area contributed by atoms with Crippen LogP contribution in [-0.4, -0.2) is 31.5 Å². The molecule has 2 aromatic rings. The molecule has 1 aromatic carbocycles. The van der Waals surface area contributed by atoms with Crippen LogP contribution in [0.2, 0.25) is 0 Å². The van der Waals surface area contributed by atoms with Crippen LogP contribution in [0.4, 0.5) is 0 Å². The third-order valence-electron chi connectivity index (χ3n) is 3.43. The lowest BCUT2D eigenvalue weighted by molar-refractivity contribution is 0.474. The van der Waals surface area contributed by atoms with E-state index in [1.807, 2.05) is 24.5 Å². The highest BCUT2D eigenvalue weighted by molar-refractivity contribution is 14.0. The van der Waals surface area contributed by atoms with E-state index in [1.54, 1.807) is 0 Å². The van der Waals surface area contributed by atoms with Gasteiger partial charge in [-0.05, 0) is 17.0 Å². The first-order valence-corrected chi connectivity index (χ1v) is 8.07. The van der Waals surface area contributed by atoms with Gasteiger partial charge in [-0.3, -0.25) is 4.99 Å². The number of hydrogen-bond acceptors (Lipinski definition) is 2. The first-order chi connectivity index (χ1) is 10.2. The molecule has 1 N–H and O–H groups in total. The van der Waals surface area contributed by atoms with Gasteiger partial charge in [0.15, 0.2) is 5.96 Å². The van der Waals surface area contributed by atoms with Gasteiger partial charge in [0.25, 0.3) is 0 Å². The van der Waals surface area contributed by atoms with Gasteiger partial charge in [0.2, 0.25) is 0 Å². The van der Waals surface area contributed by atoms with Crippen molar-refractivity contribution in [2.75, 3.05) is 20.6 Å². The lowest BCUT2D eigenvalue weighted by Gasteiger charge is -2.23. The molecule has 120 valence electrons. The van der Waals surface area contributed by atoms with Crippen molar-refractivity contribution in [2.24, 2.45) is 4.99 Å². The second-order valence-electron chi connectivity index (χ2n) is 5.19. The number of nitrogens with zero attached hydrogens (tertiary/aromatic N) is 2. The second-order valence-corrected chi connectivity index (χ2v) is 6.17. The third kappa shape index (κ3) is 5.61. The van der Waals surface area contributed by atoms with Crippen LogP contribution in [0.1, 0.15) is 23.3 Å². The van der Waals surface area contributed by atoms with E-state index in [9.17, 15) is 0 Å². The highest BCUT2D eigenvalue weighted by atomic mass is 127. The summed E-state index contributed by atoms with van der Waals surface area (Å²) in [6.07, 6.45) is 0. The fourth-order valence-electron chi connectivity index (χ4n) is 2.23. The number of benzene rings is 1. The maximum atomic E-state index is 4.37. The Labute approximate surface area is 154 Å². The molecule has 1 atom stereocenters. The molecule has 1 unspecified atom stereocenters. The molecule has 0 amide bonds. The van der Waals surface area contributed by atoms with Crippen molar-refractivity contribution in [3.8, 4) is 0 Å².